The van der Waals surface area contributed by atoms with E-state index in [4.69, 9.17) is 5.73 Å². The van der Waals surface area contributed by atoms with Gasteiger partial charge in [0.2, 0.25) is 10.0 Å². The minimum Gasteiger partial charge on any atom is -0.398 e. The lowest BCUT2D eigenvalue weighted by atomic mass is 10.1. The number of likely N-dealkylation sites (N-methyl/N-ethyl adjacent to an activating group) is 1. The number of rotatable bonds is 4. The van der Waals surface area contributed by atoms with Gasteiger partial charge in [0, 0.05) is 13.6 Å². The number of nitrogens with zero attached hydrogens (tertiary/aromatic N) is 1. The third-order valence-electron chi connectivity index (χ3n) is 2.35. The second-order valence-electron chi connectivity index (χ2n) is 4.88. The van der Waals surface area contributed by atoms with Crippen LogP contribution in [0.4, 0.5) is 10.1 Å². The molecule has 0 saturated carbocycles. The summed E-state index contributed by atoms with van der Waals surface area (Å²) in [5, 5.41) is 9.66. The molecular weight excluding hydrogens is 339 g/mol. The van der Waals surface area contributed by atoms with Gasteiger partial charge in [-0.05, 0) is 41.9 Å². The standard InChI is InChI=1S/C11H16BrFN2O3S/c1-11(2,16)6-15(3)19(17,18)10-4-7(12)8(13)5-9(10)14/h4-5,16H,6,14H2,1-3H3. The first-order valence-corrected chi connectivity index (χ1v) is 7.62. The Morgan fingerprint density at radius 1 is 1.47 bits per heavy atom. The molecule has 0 fully saturated rings. The van der Waals surface area contributed by atoms with E-state index in [-0.39, 0.29) is 21.6 Å². The highest BCUT2D eigenvalue weighted by molar-refractivity contribution is 9.10. The first kappa shape index (κ1) is 16.4. The van der Waals surface area contributed by atoms with Crippen molar-refractivity contribution in [3.8, 4) is 0 Å². The largest absolute Gasteiger partial charge is 0.398 e. The van der Waals surface area contributed by atoms with Crippen LogP contribution in [0.3, 0.4) is 0 Å². The van der Waals surface area contributed by atoms with Gasteiger partial charge < -0.3 is 10.8 Å². The average molecular weight is 355 g/mol. The number of nitrogens with two attached hydrogens (primary N) is 1. The van der Waals surface area contributed by atoms with Gasteiger partial charge in [-0.25, -0.2) is 12.8 Å². The molecule has 0 spiro atoms. The van der Waals surface area contributed by atoms with Crippen LogP contribution in [0.1, 0.15) is 13.8 Å². The molecule has 3 N–H and O–H groups in total. The Bertz CT molecular complexity index is 584. The first-order valence-electron chi connectivity index (χ1n) is 5.38. The molecule has 19 heavy (non-hydrogen) atoms. The molecule has 0 aliphatic heterocycles. The summed E-state index contributed by atoms with van der Waals surface area (Å²) in [7, 11) is -2.57. The molecule has 108 valence electrons. The zero-order chi connectivity index (χ0) is 15.0. The monoisotopic (exact) mass is 354 g/mol. The summed E-state index contributed by atoms with van der Waals surface area (Å²) in [5.74, 6) is -0.637. The second kappa shape index (κ2) is 5.35. The molecule has 0 saturated heterocycles. The van der Waals surface area contributed by atoms with E-state index in [1.165, 1.54) is 20.9 Å². The zero-order valence-electron chi connectivity index (χ0n) is 10.8. The van der Waals surface area contributed by atoms with Crippen LogP contribution in [0.25, 0.3) is 0 Å². The van der Waals surface area contributed by atoms with E-state index < -0.39 is 21.4 Å². The molecule has 1 rings (SSSR count). The van der Waals surface area contributed by atoms with E-state index in [1.54, 1.807) is 0 Å². The van der Waals surface area contributed by atoms with Gasteiger partial charge in [0.05, 0.1) is 15.8 Å². The van der Waals surface area contributed by atoms with Crippen molar-refractivity contribution < 1.29 is 17.9 Å². The fourth-order valence-electron chi connectivity index (χ4n) is 1.57. The van der Waals surface area contributed by atoms with Crippen molar-refractivity contribution in [2.75, 3.05) is 19.3 Å². The molecule has 0 radical (unpaired) electrons. The topological polar surface area (TPSA) is 83.6 Å². The maximum absolute atomic E-state index is 13.2. The second-order valence-corrected chi connectivity index (χ2v) is 7.75. The zero-order valence-corrected chi connectivity index (χ0v) is 13.2. The van der Waals surface area contributed by atoms with Crippen LogP contribution in [0.15, 0.2) is 21.5 Å². The summed E-state index contributed by atoms with van der Waals surface area (Å²) >= 11 is 2.92. The predicted octanol–water partition coefficient (Wildman–Crippen LogP) is 1.56. The van der Waals surface area contributed by atoms with Crippen LogP contribution in [0.5, 0.6) is 0 Å². The van der Waals surface area contributed by atoms with Crippen molar-refractivity contribution in [1.82, 2.24) is 4.31 Å². The Morgan fingerprint density at radius 2 is 2.00 bits per heavy atom. The van der Waals surface area contributed by atoms with E-state index in [9.17, 15) is 17.9 Å². The maximum atomic E-state index is 13.2. The minimum absolute atomic E-state index is 0.0110. The molecule has 0 bridgehead atoms. The highest BCUT2D eigenvalue weighted by atomic mass is 79.9. The Hall–Kier alpha value is -0.700. The van der Waals surface area contributed by atoms with Crippen molar-refractivity contribution in [2.45, 2.75) is 24.3 Å². The lowest BCUT2D eigenvalue weighted by Crippen LogP contribution is -2.39. The molecule has 1 aromatic carbocycles. The van der Waals surface area contributed by atoms with Gasteiger partial charge in [-0.3, -0.25) is 0 Å². The van der Waals surface area contributed by atoms with Gasteiger partial charge in [0.25, 0.3) is 0 Å². The Kier molecular flexibility index (Phi) is 4.61. The molecule has 0 amide bonds. The van der Waals surface area contributed by atoms with Gasteiger partial charge in [0.1, 0.15) is 10.7 Å². The number of aliphatic hydroxyl groups is 1. The molecule has 0 aromatic heterocycles. The molecular formula is C11H16BrFN2O3S. The highest BCUT2D eigenvalue weighted by Crippen LogP contribution is 2.28. The smallest absolute Gasteiger partial charge is 0.245 e. The summed E-state index contributed by atoms with van der Waals surface area (Å²) < 4.78 is 38.8. The minimum atomic E-state index is -3.89. The van der Waals surface area contributed by atoms with E-state index in [1.807, 2.05) is 0 Å². The number of sulfonamides is 1. The summed E-state index contributed by atoms with van der Waals surface area (Å²) in [6, 6.07) is 2.05. The number of benzene rings is 1. The van der Waals surface area contributed by atoms with Crippen LogP contribution >= 0.6 is 15.9 Å². The average Bonchev–Trinajstić information content (AvgIpc) is 2.20. The van der Waals surface area contributed by atoms with Crippen LogP contribution in [0.2, 0.25) is 0 Å². The fourth-order valence-corrected chi connectivity index (χ4v) is 3.51. The van der Waals surface area contributed by atoms with Gasteiger partial charge in [-0.2, -0.15) is 4.31 Å². The molecule has 0 unspecified atom stereocenters. The van der Waals surface area contributed by atoms with Gasteiger partial charge in [0.15, 0.2) is 0 Å². The van der Waals surface area contributed by atoms with E-state index >= 15 is 0 Å². The highest BCUT2D eigenvalue weighted by Gasteiger charge is 2.28. The quantitative estimate of drug-likeness (QED) is 0.803. The van der Waals surface area contributed by atoms with Crippen LogP contribution in [-0.2, 0) is 10.0 Å². The molecule has 0 atom stereocenters. The predicted molar refractivity (Wildman–Crippen MR) is 74.6 cm³/mol. The summed E-state index contributed by atoms with van der Waals surface area (Å²) in [4.78, 5) is -0.201. The number of nitrogen functional groups attached to an aromatic ring is 1. The van der Waals surface area contributed by atoms with Crippen molar-refractivity contribution in [2.24, 2.45) is 0 Å². The molecule has 8 heteroatoms. The Morgan fingerprint density at radius 3 is 2.47 bits per heavy atom. The van der Waals surface area contributed by atoms with Gasteiger partial charge >= 0.3 is 0 Å². The third kappa shape index (κ3) is 3.88. The van der Waals surface area contributed by atoms with Crippen LogP contribution < -0.4 is 5.73 Å². The number of hydrogen-bond donors (Lipinski definition) is 2. The lowest BCUT2D eigenvalue weighted by Gasteiger charge is -2.25. The van der Waals surface area contributed by atoms with E-state index in [0.29, 0.717) is 0 Å². The first-order chi connectivity index (χ1) is 8.45. The summed E-state index contributed by atoms with van der Waals surface area (Å²) in [6.07, 6.45) is 0. The van der Waals surface area contributed by atoms with E-state index in [0.717, 1.165) is 16.4 Å². The van der Waals surface area contributed by atoms with Gasteiger partial charge in [-0.15, -0.1) is 0 Å². The van der Waals surface area contributed by atoms with Crippen molar-refractivity contribution in [3.63, 3.8) is 0 Å². The summed E-state index contributed by atoms with van der Waals surface area (Å²) in [5.41, 5.74) is 4.18. The van der Waals surface area contributed by atoms with Crippen molar-refractivity contribution >= 4 is 31.6 Å². The molecule has 0 aliphatic rings. The Labute approximate surface area is 120 Å². The molecule has 5 nitrogen and oxygen atoms in total. The number of hydrogen-bond acceptors (Lipinski definition) is 4. The molecule has 0 aliphatic carbocycles. The van der Waals surface area contributed by atoms with Crippen molar-refractivity contribution in [1.29, 1.82) is 0 Å². The lowest BCUT2D eigenvalue weighted by molar-refractivity contribution is 0.0640. The Balaban J connectivity index is 3.25. The van der Waals surface area contributed by atoms with Gasteiger partial charge in [-0.1, -0.05) is 0 Å². The normalized spacial score (nSPS) is 13.0. The number of halogens is 2. The number of anilines is 1. The fraction of sp³-hybridized carbons (Fsp3) is 0.455. The van der Waals surface area contributed by atoms with Crippen molar-refractivity contribution in [3.05, 3.63) is 22.4 Å². The molecule has 1 aromatic rings. The maximum Gasteiger partial charge on any atom is 0.245 e. The third-order valence-corrected chi connectivity index (χ3v) is 4.82. The van der Waals surface area contributed by atoms with E-state index in [2.05, 4.69) is 15.9 Å². The van der Waals surface area contributed by atoms with Crippen LogP contribution in [-0.4, -0.2) is 37.0 Å². The van der Waals surface area contributed by atoms with Crippen LogP contribution in [0, 0.1) is 5.82 Å². The SMILES string of the molecule is CN(CC(C)(C)O)S(=O)(=O)c1cc(Br)c(F)cc1N. The molecule has 0 heterocycles. The summed E-state index contributed by atoms with van der Waals surface area (Å²) in [6.45, 7) is 2.87.